The number of benzene rings is 2. The summed E-state index contributed by atoms with van der Waals surface area (Å²) in [6.45, 7) is 5.08. The number of hydrogen-bond donors (Lipinski definition) is 1. The Kier molecular flexibility index (Phi) is 5.66. The van der Waals surface area contributed by atoms with Gasteiger partial charge < -0.3 is 4.90 Å². The van der Waals surface area contributed by atoms with Gasteiger partial charge in [0.25, 0.3) is 10.0 Å². The van der Waals surface area contributed by atoms with Crippen LogP contribution in [0.1, 0.15) is 25.3 Å². The normalized spacial score (nSPS) is 11.3. The Bertz CT molecular complexity index is 723. The minimum absolute atomic E-state index is 0.271. The molecule has 0 heterocycles. The van der Waals surface area contributed by atoms with E-state index in [1.807, 2.05) is 26.1 Å². The van der Waals surface area contributed by atoms with Crippen LogP contribution in [-0.4, -0.2) is 22.0 Å². The van der Waals surface area contributed by atoms with E-state index >= 15 is 0 Å². The van der Waals surface area contributed by atoms with Crippen molar-refractivity contribution in [1.82, 2.24) is 0 Å². The molecule has 0 aliphatic rings. The summed E-state index contributed by atoms with van der Waals surface area (Å²) in [7, 11) is -1.50. The van der Waals surface area contributed by atoms with Gasteiger partial charge in [0.05, 0.1) is 4.90 Å². The van der Waals surface area contributed by atoms with Crippen LogP contribution in [0.5, 0.6) is 0 Å². The molecule has 124 valence electrons. The van der Waals surface area contributed by atoms with Gasteiger partial charge in [-0.3, -0.25) is 4.72 Å². The number of anilines is 2. The molecule has 1 N–H and O–H groups in total. The van der Waals surface area contributed by atoms with Gasteiger partial charge in [0.15, 0.2) is 0 Å². The standard InChI is InChI=1S/C18H24N2O2S/c1-4-5-14-20(3)17-10-8-16(9-11-17)19-23(21,22)18-12-6-15(2)7-13-18/h6-13,19H,4-5,14H2,1-3H3. The summed E-state index contributed by atoms with van der Waals surface area (Å²) in [5, 5.41) is 0. The fourth-order valence-electron chi connectivity index (χ4n) is 2.24. The number of rotatable bonds is 7. The van der Waals surface area contributed by atoms with Gasteiger partial charge in [0, 0.05) is 25.0 Å². The first-order valence-electron chi connectivity index (χ1n) is 7.83. The zero-order chi connectivity index (χ0) is 16.9. The average Bonchev–Trinajstić information content (AvgIpc) is 2.53. The molecule has 5 heteroatoms. The number of nitrogens with zero attached hydrogens (tertiary/aromatic N) is 1. The van der Waals surface area contributed by atoms with Gasteiger partial charge in [-0.2, -0.15) is 0 Å². The smallest absolute Gasteiger partial charge is 0.261 e. The van der Waals surface area contributed by atoms with Crippen LogP contribution >= 0.6 is 0 Å². The number of nitrogens with one attached hydrogen (secondary N) is 1. The van der Waals surface area contributed by atoms with Crippen LogP contribution in [-0.2, 0) is 10.0 Å². The highest BCUT2D eigenvalue weighted by Crippen LogP contribution is 2.20. The summed E-state index contributed by atoms with van der Waals surface area (Å²) in [6, 6.07) is 14.3. The highest BCUT2D eigenvalue weighted by Gasteiger charge is 2.13. The summed E-state index contributed by atoms with van der Waals surface area (Å²) >= 11 is 0. The fraction of sp³-hybridized carbons (Fsp3) is 0.333. The monoisotopic (exact) mass is 332 g/mol. The lowest BCUT2D eigenvalue weighted by Crippen LogP contribution is -2.18. The minimum Gasteiger partial charge on any atom is -0.375 e. The molecule has 23 heavy (non-hydrogen) atoms. The number of aryl methyl sites for hydroxylation is 1. The van der Waals surface area contributed by atoms with Crippen molar-refractivity contribution in [2.75, 3.05) is 23.2 Å². The predicted octanol–water partition coefficient (Wildman–Crippen LogP) is 4.03. The first kappa shape index (κ1) is 17.3. The summed E-state index contributed by atoms with van der Waals surface area (Å²) in [5.74, 6) is 0. The molecule has 0 aliphatic heterocycles. The molecule has 0 aromatic heterocycles. The van der Waals surface area contributed by atoms with E-state index in [-0.39, 0.29) is 4.90 Å². The maximum atomic E-state index is 12.4. The zero-order valence-electron chi connectivity index (χ0n) is 13.9. The summed E-state index contributed by atoms with van der Waals surface area (Å²) in [6.07, 6.45) is 2.29. The van der Waals surface area contributed by atoms with E-state index in [9.17, 15) is 8.42 Å². The van der Waals surface area contributed by atoms with Crippen LogP contribution in [0, 0.1) is 6.92 Å². The summed E-state index contributed by atoms with van der Waals surface area (Å²) < 4.78 is 27.3. The SMILES string of the molecule is CCCCN(C)c1ccc(NS(=O)(=O)c2ccc(C)cc2)cc1. The molecule has 0 saturated heterocycles. The topological polar surface area (TPSA) is 49.4 Å². The molecule has 0 spiro atoms. The van der Waals surface area contributed by atoms with E-state index in [4.69, 9.17) is 0 Å². The van der Waals surface area contributed by atoms with Crippen LogP contribution in [0.2, 0.25) is 0 Å². The zero-order valence-corrected chi connectivity index (χ0v) is 14.7. The van der Waals surface area contributed by atoms with Crippen LogP contribution in [0.25, 0.3) is 0 Å². The lowest BCUT2D eigenvalue weighted by Gasteiger charge is -2.19. The van der Waals surface area contributed by atoms with Crippen molar-refractivity contribution in [3.63, 3.8) is 0 Å². The van der Waals surface area contributed by atoms with Crippen LogP contribution in [0.4, 0.5) is 11.4 Å². The van der Waals surface area contributed by atoms with E-state index in [0.717, 1.165) is 30.6 Å². The molecule has 0 unspecified atom stereocenters. The van der Waals surface area contributed by atoms with Crippen molar-refractivity contribution in [2.24, 2.45) is 0 Å². The van der Waals surface area contributed by atoms with E-state index in [1.165, 1.54) is 0 Å². The van der Waals surface area contributed by atoms with Crippen molar-refractivity contribution in [1.29, 1.82) is 0 Å². The molecule has 2 aromatic carbocycles. The lowest BCUT2D eigenvalue weighted by molar-refractivity contribution is 0.601. The van der Waals surface area contributed by atoms with E-state index in [0.29, 0.717) is 5.69 Å². The Balaban J connectivity index is 2.09. The number of hydrogen-bond acceptors (Lipinski definition) is 3. The van der Waals surface area contributed by atoms with Gasteiger partial charge in [0.2, 0.25) is 0 Å². The van der Waals surface area contributed by atoms with Gasteiger partial charge in [0.1, 0.15) is 0 Å². The maximum Gasteiger partial charge on any atom is 0.261 e. The van der Waals surface area contributed by atoms with E-state index in [1.54, 1.807) is 36.4 Å². The summed E-state index contributed by atoms with van der Waals surface area (Å²) in [4.78, 5) is 2.44. The molecule has 4 nitrogen and oxygen atoms in total. The first-order valence-corrected chi connectivity index (χ1v) is 9.31. The van der Waals surface area contributed by atoms with Gasteiger partial charge in [-0.15, -0.1) is 0 Å². The van der Waals surface area contributed by atoms with Gasteiger partial charge >= 0.3 is 0 Å². The molecular formula is C18H24N2O2S. The molecule has 2 aromatic rings. The van der Waals surface area contributed by atoms with E-state index in [2.05, 4.69) is 16.5 Å². The quantitative estimate of drug-likeness (QED) is 0.833. The van der Waals surface area contributed by atoms with Crippen molar-refractivity contribution < 1.29 is 8.42 Å². The second-order valence-electron chi connectivity index (χ2n) is 5.74. The van der Waals surface area contributed by atoms with Gasteiger partial charge in [-0.25, -0.2) is 8.42 Å². The maximum absolute atomic E-state index is 12.4. The van der Waals surface area contributed by atoms with Crippen LogP contribution < -0.4 is 9.62 Å². The van der Waals surface area contributed by atoms with Crippen molar-refractivity contribution in [3.05, 3.63) is 54.1 Å². The molecule has 0 atom stereocenters. The van der Waals surface area contributed by atoms with Crippen molar-refractivity contribution in [3.8, 4) is 0 Å². The molecule has 0 bridgehead atoms. The third-order valence-electron chi connectivity index (χ3n) is 3.74. The highest BCUT2D eigenvalue weighted by molar-refractivity contribution is 7.92. The second kappa shape index (κ2) is 7.51. The highest BCUT2D eigenvalue weighted by atomic mass is 32.2. The van der Waals surface area contributed by atoms with Crippen molar-refractivity contribution >= 4 is 21.4 Å². The Morgan fingerprint density at radius 2 is 1.61 bits per heavy atom. The third-order valence-corrected chi connectivity index (χ3v) is 5.14. The molecule has 0 fully saturated rings. The number of unbranched alkanes of at least 4 members (excludes halogenated alkanes) is 1. The van der Waals surface area contributed by atoms with E-state index < -0.39 is 10.0 Å². The largest absolute Gasteiger partial charge is 0.375 e. The first-order chi connectivity index (χ1) is 10.9. The van der Waals surface area contributed by atoms with Crippen molar-refractivity contribution in [2.45, 2.75) is 31.6 Å². The minimum atomic E-state index is -3.54. The molecular weight excluding hydrogens is 308 g/mol. The Hall–Kier alpha value is -2.01. The predicted molar refractivity (Wildman–Crippen MR) is 96.6 cm³/mol. The Morgan fingerprint density at radius 3 is 2.17 bits per heavy atom. The number of sulfonamides is 1. The Morgan fingerprint density at radius 1 is 1.00 bits per heavy atom. The van der Waals surface area contributed by atoms with Gasteiger partial charge in [-0.1, -0.05) is 31.0 Å². The molecule has 0 saturated carbocycles. The molecule has 0 aliphatic carbocycles. The average molecular weight is 332 g/mol. The third kappa shape index (κ3) is 4.73. The van der Waals surface area contributed by atoms with Crippen LogP contribution in [0.15, 0.2) is 53.4 Å². The molecule has 0 amide bonds. The lowest BCUT2D eigenvalue weighted by atomic mass is 10.2. The Labute approximate surface area is 139 Å². The fourth-order valence-corrected chi connectivity index (χ4v) is 3.30. The van der Waals surface area contributed by atoms with Crippen LogP contribution in [0.3, 0.4) is 0 Å². The second-order valence-corrected chi connectivity index (χ2v) is 7.42. The molecule has 2 rings (SSSR count). The molecule has 0 radical (unpaired) electrons. The summed E-state index contributed by atoms with van der Waals surface area (Å²) in [5.41, 5.74) is 2.68. The van der Waals surface area contributed by atoms with Gasteiger partial charge in [-0.05, 0) is 49.7 Å².